The first-order chi connectivity index (χ1) is 13.5. The number of nitrogens with zero attached hydrogens (tertiary/aromatic N) is 3. The maximum atomic E-state index is 10.5. The summed E-state index contributed by atoms with van der Waals surface area (Å²) in [7, 11) is 0. The molecule has 0 spiro atoms. The second-order valence-corrected chi connectivity index (χ2v) is 8.71. The second kappa shape index (κ2) is 7.54. The molecule has 0 radical (unpaired) electrons. The third-order valence-electron chi connectivity index (χ3n) is 4.67. The van der Waals surface area contributed by atoms with Gasteiger partial charge in [0.2, 0.25) is 0 Å². The molecule has 2 aromatic heterocycles. The summed E-state index contributed by atoms with van der Waals surface area (Å²) in [6, 6.07) is 18.3. The molecule has 2 heterocycles. The van der Waals surface area contributed by atoms with E-state index in [2.05, 4.69) is 33.8 Å². The Kier molecular flexibility index (Phi) is 5.10. The Hall–Kier alpha value is -2.41. The second-order valence-electron chi connectivity index (χ2n) is 7.09. The Morgan fingerprint density at radius 1 is 1.11 bits per heavy atom. The number of aliphatic hydroxyl groups is 1. The zero-order chi connectivity index (χ0) is 19.7. The summed E-state index contributed by atoms with van der Waals surface area (Å²) in [5, 5.41) is 13.5. The Balaban J connectivity index is 1.91. The monoisotopic (exact) mass is 393 g/mol. The number of aromatic nitrogens is 3. The average Bonchev–Trinajstić information content (AvgIpc) is 3.04. The van der Waals surface area contributed by atoms with Crippen molar-refractivity contribution in [2.75, 3.05) is 6.61 Å². The molecule has 28 heavy (non-hydrogen) atoms. The number of fused-ring (bicyclic) bond motifs is 2. The quantitative estimate of drug-likeness (QED) is 0.377. The fourth-order valence-corrected chi connectivity index (χ4v) is 4.28. The van der Waals surface area contributed by atoms with Gasteiger partial charge in [-0.2, -0.15) is 0 Å². The van der Waals surface area contributed by atoms with E-state index in [-0.39, 0.29) is 0 Å². The van der Waals surface area contributed by atoms with Crippen molar-refractivity contribution < 1.29 is 9.84 Å². The molecule has 0 saturated carbocycles. The average molecular weight is 394 g/mol. The standard InChI is InChI=1S/C22H23N3O2S/c1-4-27-20(26)22(2,3)28-21-24-17-12-8-14-23-19(17)25(21)18-13-7-10-15-9-5-6-11-16(15)18/h5-14,20,26H,4H2,1-3H3. The van der Waals surface area contributed by atoms with Crippen molar-refractivity contribution in [1.82, 2.24) is 14.5 Å². The van der Waals surface area contributed by atoms with Crippen molar-refractivity contribution in [2.24, 2.45) is 0 Å². The van der Waals surface area contributed by atoms with Crippen molar-refractivity contribution in [2.45, 2.75) is 37.0 Å². The van der Waals surface area contributed by atoms with Gasteiger partial charge < -0.3 is 9.84 Å². The summed E-state index contributed by atoms with van der Waals surface area (Å²) in [6.07, 6.45) is 0.872. The van der Waals surface area contributed by atoms with Crippen LogP contribution in [0.1, 0.15) is 20.8 Å². The molecule has 0 aliphatic rings. The molecular weight excluding hydrogens is 370 g/mol. The van der Waals surface area contributed by atoms with E-state index >= 15 is 0 Å². The van der Waals surface area contributed by atoms with Crippen molar-refractivity contribution in [1.29, 1.82) is 0 Å². The number of rotatable bonds is 6. The number of hydrogen-bond acceptors (Lipinski definition) is 5. The molecule has 4 aromatic rings. The van der Waals surface area contributed by atoms with Gasteiger partial charge in [0.05, 0.1) is 10.4 Å². The minimum absolute atomic E-state index is 0.451. The summed E-state index contributed by atoms with van der Waals surface area (Å²) in [6.45, 7) is 6.24. The Bertz CT molecular complexity index is 1120. The highest BCUT2D eigenvalue weighted by Crippen LogP contribution is 2.38. The van der Waals surface area contributed by atoms with Crippen LogP contribution in [0.25, 0.3) is 27.6 Å². The van der Waals surface area contributed by atoms with E-state index in [0.717, 1.165) is 32.8 Å². The lowest BCUT2D eigenvalue weighted by molar-refractivity contribution is -0.111. The van der Waals surface area contributed by atoms with Gasteiger partial charge in [-0.25, -0.2) is 9.97 Å². The summed E-state index contributed by atoms with van der Waals surface area (Å²) in [4.78, 5) is 9.41. The van der Waals surface area contributed by atoms with E-state index < -0.39 is 11.0 Å². The van der Waals surface area contributed by atoms with Crippen LogP contribution >= 0.6 is 11.8 Å². The lowest BCUT2D eigenvalue weighted by Gasteiger charge is -2.29. The molecule has 0 saturated heterocycles. The highest BCUT2D eigenvalue weighted by molar-refractivity contribution is 8.00. The molecule has 1 atom stereocenters. The molecular formula is C22H23N3O2S. The minimum Gasteiger partial charge on any atom is -0.367 e. The zero-order valence-corrected chi connectivity index (χ0v) is 17.0. The highest BCUT2D eigenvalue weighted by atomic mass is 32.2. The van der Waals surface area contributed by atoms with Crippen LogP contribution in [0, 0.1) is 0 Å². The number of benzene rings is 2. The number of ether oxygens (including phenoxy) is 1. The third-order valence-corrected chi connectivity index (χ3v) is 5.85. The predicted molar refractivity (Wildman–Crippen MR) is 114 cm³/mol. The minimum atomic E-state index is -0.906. The third kappa shape index (κ3) is 3.39. The molecule has 4 rings (SSSR count). The van der Waals surface area contributed by atoms with Crippen molar-refractivity contribution >= 4 is 33.7 Å². The molecule has 0 amide bonds. The normalized spacial score (nSPS) is 13.3. The molecule has 0 bridgehead atoms. The van der Waals surface area contributed by atoms with Gasteiger partial charge in [0.25, 0.3) is 0 Å². The summed E-state index contributed by atoms with van der Waals surface area (Å²) >= 11 is 1.49. The molecule has 1 unspecified atom stereocenters. The number of aliphatic hydroxyl groups excluding tert-OH is 1. The molecule has 0 aliphatic heterocycles. The first-order valence-corrected chi connectivity index (χ1v) is 10.1. The summed E-state index contributed by atoms with van der Waals surface area (Å²) in [5.41, 5.74) is 2.63. The van der Waals surface area contributed by atoms with Crippen LogP contribution in [0.3, 0.4) is 0 Å². The van der Waals surface area contributed by atoms with Gasteiger partial charge in [-0.05, 0) is 44.4 Å². The van der Waals surface area contributed by atoms with Crippen LogP contribution in [0.15, 0.2) is 66.0 Å². The lowest BCUT2D eigenvalue weighted by Crippen LogP contribution is -2.35. The first-order valence-electron chi connectivity index (χ1n) is 9.31. The van der Waals surface area contributed by atoms with Crippen molar-refractivity contribution in [3.05, 3.63) is 60.8 Å². The molecule has 0 aliphatic carbocycles. The molecule has 2 aromatic carbocycles. The topological polar surface area (TPSA) is 60.2 Å². The number of thioether (sulfide) groups is 1. The van der Waals surface area contributed by atoms with Crippen molar-refractivity contribution in [3.8, 4) is 5.69 Å². The van der Waals surface area contributed by atoms with Gasteiger partial charge in [0.1, 0.15) is 5.52 Å². The van der Waals surface area contributed by atoms with Crippen LogP contribution in [0.2, 0.25) is 0 Å². The van der Waals surface area contributed by atoms with Gasteiger partial charge >= 0.3 is 0 Å². The largest absolute Gasteiger partial charge is 0.367 e. The Morgan fingerprint density at radius 3 is 2.71 bits per heavy atom. The Labute approximate surface area is 168 Å². The predicted octanol–water partition coefficient (Wildman–Crippen LogP) is 4.80. The van der Waals surface area contributed by atoms with Crippen molar-refractivity contribution in [3.63, 3.8) is 0 Å². The van der Waals surface area contributed by atoms with E-state index in [0.29, 0.717) is 6.61 Å². The van der Waals surface area contributed by atoms with Crippen LogP contribution in [-0.2, 0) is 4.74 Å². The van der Waals surface area contributed by atoms with Crippen LogP contribution < -0.4 is 0 Å². The van der Waals surface area contributed by atoms with Gasteiger partial charge in [-0.15, -0.1) is 0 Å². The molecule has 144 valence electrons. The lowest BCUT2D eigenvalue weighted by atomic mass is 10.1. The maximum absolute atomic E-state index is 10.5. The van der Waals surface area contributed by atoms with E-state index in [4.69, 9.17) is 9.72 Å². The maximum Gasteiger partial charge on any atom is 0.175 e. The smallest absolute Gasteiger partial charge is 0.175 e. The fraction of sp³-hybridized carbons (Fsp3) is 0.273. The summed E-state index contributed by atoms with van der Waals surface area (Å²) in [5.74, 6) is 0. The molecule has 1 N–H and O–H groups in total. The van der Waals surface area contributed by atoms with E-state index in [1.54, 1.807) is 6.20 Å². The zero-order valence-electron chi connectivity index (χ0n) is 16.2. The van der Waals surface area contributed by atoms with Gasteiger partial charge in [0.15, 0.2) is 17.1 Å². The van der Waals surface area contributed by atoms with E-state index in [1.807, 2.05) is 51.1 Å². The van der Waals surface area contributed by atoms with E-state index in [1.165, 1.54) is 11.8 Å². The number of imidazole rings is 1. The molecule has 5 nitrogen and oxygen atoms in total. The molecule has 0 fully saturated rings. The van der Waals surface area contributed by atoms with Gasteiger partial charge in [-0.3, -0.25) is 4.57 Å². The van der Waals surface area contributed by atoms with E-state index in [9.17, 15) is 5.11 Å². The van der Waals surface area contributed by atoms with Crippen LogP contribution in [-0.4, -0.2) is 37.3 Å². The van der Waals surface area contributed by atoms with Gasteiger partial charge in [0, 0.05) is 18.2 Å². The molecule has 6 heteroatoms. The fourth-order valence-electron chi connectivity index (χ4n) is 3.22. The first kappa shape index (κ1) is 18.9. The SMILES string of the molecule is CCOC(O)C(C)(C)Sc1nc2cccnc2n1-c1cccc2ccccc12. The van der Waals surface area contributed by atoms with Gasteiger partial charge in [-0.1, -0.05) is 48.2 Å². The van der Waals surface area contributed by atoms with Crippen LogP contribution in [0.4, 0.5) is 0 Å². The number of hydrogen-bond donors (Lipinski definition) is 1. The summed E-state index contributed by atoms with van der Waals surface area (Å²) < 4.78 is 6.94. The Morgan fingerprint density at radius 2 is 1.89 bits per heavy atom. The number of pyridine rings is 1. The highest BCUT2D eigenvalue weighted by Gasteiger charge is 2.32. The van der Waals surface area contributed by atoms with Crippen LogP contribution in [0.5, 0.6) is 0 Å².